The lowest BCUT2D eigenvalue weighted by molar-refractivity contribution is -0.123. The molecule has 0 radical (unpaired) electrons. The van der Waals surface area contributed by atoms with Crippen molar-refractivity contribution in [1.29, 1.82) is 0 Å². The molecule has 3 rings (SSSR count). The molecule has 2 aromatic carbocycles. The molecule has 4 nitrogen and oxygen atoms in total. The average molecular weight is 329 g/mol. The van der Waals surface area contributed by atoms with Gasteiger partial charge >= 0.3 is 0 Å². The molecule has 0 saturated carbocycles. The van der Waals surface area contributed by atoms with E-state index in [9.17, 15) is 14.3 Å². The number of carbonyl (C=O) groups is 1. The monoisotopic (exact) mass is 329 g/mol. The van der Waals surface area contributed by atoms with Gasteiger partial charge in [-0.2, -0.15) is 0 Å². The SMILES string of the molecule is CC1CN(C(=O)CC(C)(O)c2ccccc2)c2ccc(F)cc2O1. The minimum absolute atomic E-state index is 0.0689. The van der Waals surface area contributed by atoms with Crippen molar-refractivity contribution in [3.63, 3.8) is 0 Å². The predicted molar refractivity (Wildman–Crippen MR) is 89.5 cm³/mol. The Kier molecular flexibility index (Phi) is 4.28. The zero-order chi connectivity index (χ0) is 17.3. The fraction of sp³-hybridized carbons (Fsp3) is 0.316. The van der Waals surface area contributed by atoms with Gasteiger partial charge in [-0.15, -0.1) is 0 Å². The van der Waals surface area contributed by atoms with Crippen LogP contribution in [0.5, 0.6) is 5.75 Å². The van der Waals surface area contributed by atoms with Crippen LogP contribution in [0.3, 0.4) is 0 Å². The number of ether oxygens (including phenoxy) is 1. The van der Waals surface area contributed by atoms with Gasteiger partial charge in [0, 0.05) is 6.07 Å². The molecule has 0 spiro atoms. The zero-order valence-electron chi connectivity index (χ0n) is 13.7. The number of hydrogen-bond acceptors (Lipinski definition) is 3. The summed E-state index contributed by atoms with van der Waals surface area (Å²) in [6.45, 7) is 3.81. The fourth-order valence-electron chi connectivity index (χ4n) is 2.94. The Morgan fingerprint density at radius 3 is 2.75 bits per heavy atom. The molecule has 0 bridgehead atoms. The summed E-state index contributed by atoms with van der Waals surface area (Å²) in [5, 5.41) is 10.7. The van der Waals surface area contributed by atoms with E-state index in [1.165, 1.54) is 18.2 Å². The van der Waals surface area contributed by atoms with E-state index in [2.05, 4.69) is 0 Å². The minimum atomic E-state index is -1.28. The Hall–Kier alpha value is -2.40. The molecule has 0 saturated heterocycles. The third-order valence-electron chi connectivity index (χ3n) is 4.17. The molecule has 126 valence electrons. The lowest BCUT2D eigenvalue weighted by atomic mass is 9.92. The number of benzene rings is 2. The first-order chi connectivity index (χ1) is 11.4. The highest BCUT2D eigenvalue weighted by atomic mass is 19.1. The number of anilines is 1. The van der Waals surface area contributed by atoms with Gasteiger partial charge in [0.2, 0.25) is 5.91 Å². The van der Waals surface area contributed by atoms with Crippen molar-refractivity contribution in [1.82, 2.24) is 0 Å². The molecule has 0 aliphatic carbocycles. The molecule has 2 atom stereocenters. The van der Waals surface area contributed by atoms with E-state index in [1.54, 1.807) is 24.0 Å². The van der Waals surface area contributed by atoms with Gasteiger partial charge in [0.25, 0.3) is 0 Å². The Morgan fingerprint density at radius 1 is 1.33 bits per heavy atom. The van der Waals surface area contributed by atoms with E-state index in [1.807, 2.05) is 25.1 Å². The van der Waals surface area contributed by atoms with Crippen LogP contribution in [0.15, 0.2) is 48.5 Å². The van der Waals surface area contributed by atoms with Crippen molar-refractivity contribution in [3.8, 4) is 5.75 Å². The number of halogens is 1. The lowest BCUT2D eigenvalue weighted by Gasteiger charge is -2.35. The van der Waals surface area contributed by atoms with E-state index < -0.39 is 11.4 Å². The number of carbonyl (C=O) groups excluding carboxylic acids is 1. The molecular formula is C19H20FNO3. The summed E-state index contributed by atoms with van der Waals surface area (Å²) in [7, 11) is 0. The van der Waals surface area contributed by atoms with Crippen LogP contribution in [0.2, 0.25) is 0 Å². The second-order valence-electron chi connectivity index (χ2n) is 6.36. The van der Waals surface area contributed by atoms with Gasteiger partial charge in [0.05, 0.1) is 24.3 Å². The van der Waals surface area contributed by atoms with Crippen molar-refractivity contribution in [2.45, 2.75) is 32.0 Å². The molecular weight excluding hydrogens is 309 g/mol. The third kappa shape index (κ3) is 3.26. The largest absolute Gasteiger partial charge is 0.487 e. The number of hydrogen-bond donors (Lipinski definition) is 1. The molecule has 1 aliphatic heterocycles. The summed E-state index contributed by atoms with van der Waals surface area (Å²) in [6.07, 6.45) is -0.314. The Balaban J connectivity index is 1.86. The summed E-state index contributed by atoms with van der Waals surface area (Å²) in [4.78, 5) is 14.4. The summed E-state index contributed by atoms with van der Waals surface area (Å²) < 4.78 is 19.0. The molecule has 2 aromatic rings. The quantitative estimate of drug-likeness (QED) is 0.940. The smallest absolute Gasteiger partial charge is 0.230 e. The second kappa shape index (κ2) is 6.24. The van der Waals surface area contributed by atoms with Crippen LogP contribution in [-0.4, -0.2) is 23.7 Å². The maximum Gasteiger partial charge on any atom is 0.230 e. The van der Waals surface area contributed by atoms with E-state index in [4.69, 9.17) is 4.74 Å². The van der Waals surface area contributed by atoms with Gasteiger partial charge in [0.15, 0.2) is 0 Å². The highest BCUT2D eigenvalue weighted by molar-refractivity contribution is 5.96. The second-order valence-corrected chi connectivity index (χ2v) is 6.36. The first-order valence-corrected chi connectivity index (χ1v) is 7.91. The highest BCUT2D eigenvalue weighted by Crippen LogP contribution is 2.35. The lowest BCUT2D eigenvalue weighted by Crippen LogP contribution is -2.44. The standard InChI is InChI=1S/C19H20FNO3/c1-13-12-21(16-9-8-15(20)10-17(16)24-13)18(22)11-19(2,23)14-6-4-3-5-7-14/h3-10,13,23H,11-12H2,1-2H3. The first-order valence-electron chi connectivity index (χ1n) is 7.91. The molecule has 2 unspecified atom stereocenters. The van der Waals surface area contributed by atoms with Crippen molar-refractivity contribution in [2.24, 2.45) is 0 Å². The van der Waals surface area contributed by atoms with E-state index in [0.29, 0.717) is 23.5 Å². The molecule has 1 aliphatic rings. The van der Waals surface area contributed by atoms with Crippen molar-refractivity contribution in [3.05, 3.63) is 59.9 Å². The molecule has 0 aromatic heterocycles. The van der Waals surface area contributed by atoms with Crippen LogP contribution < -0.4 is 9.64 Å². The predicted octanol–water partition coefficient (Wildman–Crippen LogP) is 3.24. The summed E-state index contributed by atoms with van der Waals surface area (Å²) in [6, 6.07) is 13.2. The highest BCUT2D eigenvalue weighted by Gasteiger charge is 2.33. The molecule has 1 amide bonds. The number of nitrogens with zero attached hydrogens (tertiary/aromatic N) is 1. The van der Waals surface area contributed by atoms with Gasteiger partial charge < -0.3 is 14.7 Å². The van der Waals surface area contributed by atoms with Gasteiger partial charge in [0.1, 0.15) is 17.7 Å². The number of amides is 1. The maximum absolute atomic E-state index is 13.4. The van der Waals surface area contributed by atoms with Crippen LogP contribution in [0.25, 0.3) is 0 Å². The van der Waals surface area contributed by atoms with Gasteiger partial charge in [-0.1, -0.05) is 30.3 Å². The van der Waals surface area contributed by atoms with E-state index in [0.717, 1.165) is 0 Å². The third-order valence-corrected chi connectivity index (χ3v) is 4.17. The molecule has 24 heavy (non-hydrogen) atoms. The summed E-state index contributed by atoms with van der Waals surface area (Å²) in [5.74, 6) is -0.292. The molecule has 0 fully saturated rings. The Morgan fingerprint density at radius 2 is 2.04 bits per heavy atom. The summed E-state index contributed by atoms with van der Waals surface area (Å²) in [5.41, 5.74) is -0.0672. The Labute approximate surface area is 140 Å². The molecule has 1 heterocycles. The Bertz CT molecular complexity index is 746. The van der Waals surface area contributed by atoms with Crippen molar-refractivity contribution in [2.75, 3.05) is 11.4 Å². The first kappa shape index (κ1) is 16.5. The maximum atomic E-state index is 13.4. The van der Waals surface area contributed by atoms with Crippen LogP contribution in [0, 0.1) is 5.82 Å². The summed E-state index contributed by atoms with van der Waals surface area (Å²) >= 11 is 0. The number of fused-ring (bicyclic) bond motifs is 1. The normalized spacial score (nSPS) is 19.2. The van der Waals surface area contributed by atoms with Gasteiger partial charge in [-0.3, -0.25) is 4.79 Å². The number of aliphatic hydroxyl groups is 1. The van der Waals surface area contributed by atoms with E-state index >= 15 is 0 Å². The molecule has 1 N–H and O–H groups in total. The average Bonchev–Trinajstić information content (AvgIpc) is 2.54. The van der Waals surface area contributed by atoms with Crippen molar-refractivity contribution < 1.29 is 19.0 Å². The zero-order valence-corrected chi connectivity index (χ0v) is 13.7. The van der Waals surface area contributed by atoms with E-state index in [-0.39, 0.29) is 18.4 Å². The van der Waals surface area contributed by atoms with Crippen LogP contribution >= 0.6 is 0 Å². The topological polar surface area (TPSA) is 49.8 Å². The van der Waals surface area contributed by atoms with Gasteiger partial charge in [-0.25, -0.2) is 4.39 Å². The van der Waals surface area contributed by atoms with Crippen LogP contribution in [-0.2, 0) is 10.4 Å². The van der Waals surface area contributed by atoms with Crippen molar-refractivity contribution >= 4 is 11.6 Å². The molecule has 5 heteroatoms. The minimum Gasteiger partial charge on any atom is -0.487 e. The fourth-order valence-corrected chi connectivity index (χ4v) is 2.94. The van der Waals surface area contributed by atoms with Crippen LogP contribution in [0.1, 0.15) is 25.8 Å². The van der Waals surface area contributed by atoms with Crippen LogP contribution in [0.4, 0.5) is 10.1 Å². The van der Waals surface area contributed by atoms with Gasteiger partial charge in [-0.05, 0) is 31.5 Å². The number of rotatable bonds is 3.